The Bertz CT molecular complexity index is 1060. The maximum Gasteiger partial charge on any atom is 0.416 e. The van der Waals surface area contributed by atoms with Crippen molar-refractivity contribution in [3.05, 3.63) is 58.7 Å². The molecule has 2 amide bonds. The van der Waals surface area contributed by atoms with Gasteiger partial charge >= 0.3 is 6.18 Å². The Morgan fingerprint density at radius 3 is 2.03 bits per heavy atom. The summed E-state index contributed by atoms with van der Waals surface area (Å²) < 4.78 is 49.0. The predicted octanol–water partition coefficient (Wildman–Crippen LogP) is 4.16. The number of rotatable bonds is 4. The second kappa shape index (κ2) is 9.56. The Balaban J connectivity index is 1.35. The van der Waals surface area contributed by atoms with Gasteiger partial charge < -0.3 is 19.3 Å². The molecule has 6 nitrogen and oxygen atoms in total. The van der Waals surface area contributed by atoms with Crippen molar-refractivity contribution in [2.75, 3.05) is 33.9 Å². The molecule has 1 saturated heterocycles. The van der Waals surface area contributed by atoms with Gasteiger partial charge in [0.05, 0.1) is 19.8 Å². The van der Waals surface area contributed by atoms with Crippen LogP contribution >= 0.6 is 0 Å². The highest BCUT2D eigenvalue weighted by Gasteiger charge is 2.33. The monoisotopic (exact) mass is 476 g/mol. The van der Waals surface area contributed by atoms with Crippen LogP contribution in [0.3, 0.4) is 0 Å². The van der Waals surface area contributed by atoms with Crippen molar-refractivity contribution < 1.29 is 32.2 Å². The molecule has 0 aromatic heterocycles. The number of hydrogen-bond donors (Lipinski definition) is 0. The number of alkyl halides is 3. The second-order valence-corrected chi connectivity index (χ2v) is 8.63. The molecule has 0 spiro atoms. The lowest BCUT2D eigenvalue weighted by Crippen LogP contribution is -2.45. The lowest BCUT2D eigenvalue weighted by Gasteiger charge is -2.36. The molecule has 0 atom stereocenters. The average molecular weight is 476 g/mol. The van der Waals surface area contributed by atoms with Crippen molar-refractivity contribution in [2.45, 2.75) is 32.0 Å². The molecule has 0 N–H and O–H groups in total. The lowest BCUT2D eigenvalue weighted by atomic mass is 9.92. The first-order valence-corrected chi connectivity index (χ1v) is 11.2. The van der Waals surface area contributed by atoms with Crippen LogP contribution in [0.1, 0.15) is 39.9 Å². The molecule has 2 aliphatic heterocycles. The number of nitrogens with zero attached hydrogens (tertiary/aromatic N) is 2. The minimum absolute atomic E-state index is 0.0714. The van der Waals surface area contributed by atoms with Crippen LogP contribution in [0, 0.1) is 5.92 Å². The topological polar surface area (TPSA) is 59.1 Å². The van der Waals surface area contributed by atoms with E-state index in [2.05, 4.69) is 0 Å². The second-order valence-electron chi connectivity index (χ2n) is 8.63. The van der Waals surface area contributed by atoms with E-state index in [4.69, 9.17) is 9.47 Å². The molecule has 0 aliphatic carbocycles. The van der Waals surface area contributed by atoms with Crippen LogP contribution in [0.5, 0.6) is 11.5 Å². The van der Waals surface area contributed by atoms with Gasteiger partial charge in [0, 0.05) is 37.7 Å². The quantitative estimate of drug-likeness (QED) is 0.665. The summed E-state index contributed by atoms with van der Waals surface area (Å²) in [5, 5.41) is 0. The fraction of sp³-hybridized carbons (Fsp3) is 0.440. The number of halogens is 3. The van der Waals surface area contributed by atoms with Gasteiger partial charge in [-0.3, -0.25) is 9.59 Å². The van der Waals surface area contributed by atoms with Crippen LogP contribution < -0.4 is 9.47 Å². The van der Waals surface area contributed by atoms with E-state index in [1.165, 1.54) is 12.1 Å². The Morgan fingerprint density at radius 1 is 0.882 bits per heavy atom. The van der Waals surface area contributed by atoms with E-state index in [0.29, 0.717) is 50.5 Å². The maximum absolute atomic E-state index is 13.2. The van der Waals surface area contributed by atoms with Crippen molar-refractivity contribution >= 4 is 11.8 Å². The summed E-state index contributed by atoms with van der Waals surface area (Å²) in [5.74, 6) is 0.879. The molecule has 9 heteroatoms. The average Bonchev–Trinajstić information content (AvgIpc) is 2.86. The van der Waals surface area contributed by atoms with E-state index < -0.39 is 11.7 Å². The molecule has 0 unspecified atom stereocenters. The van der Waals surface area contributed by atoms with Crippen molar-refractivity contribution in [1.29, 1.82) is 0 Å². The van der Waals surface area contributed by atoms with Crippen LogP contribution in [-0.4, -0.2) is 55.5 Å². The molecule has 0 radical (unpaired) electrons. The zero-order valence-corrected chi connectivity index (χ0v) is 19.2. The Morgan fingerprint density at radius 2 is 1.47 bits per heavy atom. The number of methoxy groups -OCH3 is 2. The first-order valence-electron chi connectivity index (χ1n) is 11.2. The van der Waals surface area contributed by atoms with Gasteiger partial charge in [0.15, 0.2) is 11.5 Å². The van der Waals surface area contributed by atoms with E-state index >= 15 is 0 Å². The first kappa shape index (κ1) is 23.9. The highest BCUT2D eigenvalue weighted by atomic mass is 19.4. The van der Waals surface area contributed by atoms with Gasteiger partial charge in [0.2, 0.25) is 5.91 Å². The Hall–Kier alpha value is -3.23. The molecule has 2 heterocycles. The van der Waals surface area contributed by atoms with Crippen LogP contribution in [0.2, 0.25) is 0 Å². The Labute approximate surface area is 196 Å². The summed E-state index contributed by atoms with van der Waals surface area (Å²) >= 11 is 0. The van der Waals surface area contributed by atoms with Gasteiger partial charge in [0.25, 0.3) is 5.91 Å². The standard InChI is InChI=1S/C25H27F3N2O4/c1-33-21-13-18-9-12-30(15-19(18)14-22(21)34-2)24(32)17-7-10-29(11-8-17)23(31)16-3-5-20(6-4-16)25(26,27)28/h3-6,13-14,17H,7-12,15H2,1-2H3. The molecular formula is C25H27F3N2O4. The number of fused-ring (bicyclic) bond motifs is 1. The number of hydrogen-bond acceptors (Lipinski definition) is 4. The van der Waals surface area contributed by atoms with Crippen molar-refractivity contribution in [1.82, 2.24) is 9.80 Å². The molecule has 0 bridgehead atoms. The van der Waals surface area contributed by atoms with Crippen LogP contribution in [0.25, 0.3) is 0 Å². The number of likely N-dealkylation sites (tertiary alicyclic amines) is 1. The third-order valence-electron chi connectivity index (χ3n) is 6.62. The highest BCUT2D eigenvalue weighted by molar-refractivity contribution is 5.94. The molecule has 1 fully saturated rings. The summed E-state index contributed by atoms with van der Waals surface area (Å²) in [7, 11) is 3.17. The van der Waals surface area contributed by atoms with E-state index in [-0.39, 0.29) is 23.3 Å². The fourth-order valence-corrected chi connectivity index (χ4v) is 4.64. The van der Waals surface area contributed by atoms with E-state index in [9.17, 15) is 22.8 Å². The molecule has 182 valence electrons. The lowest BCUT2D eigenvalue weighted by molar-refractivity contribution is -0.138. The molecule has 34 heavy (non-hydrogen) atoms. The fourth-order valence-electron chi connectivity index (χ4n) is 4.64. The van der Waals surface area contributed by atoms with Crippen molar-refractivity contribution in [2.24, 2.45) is 5.92 Å². The van der Waals surface area contributed by atoms with Gasteiger partial charge in [-0.25, -0.2) is 0 Å². The normalized spacial score (nSPS) is 16.7. The van der Waals surface area contributed by atoms with E-state index in [1.807, 2.05) is 17.0 Å². The number of carbonyl (C=O) groups is 2. The zero-order valence-electron chi connectivity index (χ0n) is 19.2. The smallest absolute Gasteiger partial charge is 0.416 e. The Kier molecular flexibility index (Phi) is 6.72. The minimum atomic E-state index is -4.44. The van der Waals surface area contributed by atoms with E-state index in [0.717, 1.165) is 29.7 Å². The van der Waals surface area contributed by atoms with Gasteiger partial charge in [-0.2, -0.15) is 13.2 Å². The molecule has 2 aromatic carbocycles. The SMILES string of the molecule is COc1cc2c(cc1OC)CN(C(=O)C1CCN(C(=O)c3ccc(C(F)(F)F)cc3)CC1)CC2. The van der Waals surface area contributed by atoms with Gasteiger partial charge in [-0.1, -0.05) is 0 Å². The summed E-state index contributed by atoms with van der Waals surface area (Å²) in [6.45, 7) is 1.91. The van der Waals surface area contributed by atoms with Crippen LogP contribution in [0.15, 0.2) is 36.4 Å². The van der Waals surface area contributed by atoms with Gasteiger partial charge in [-0.15, -0.1) is 0 Å². The number of amides is 2. The van der Waals surface area contributed by atoms with Gasteiger partial charge in [-0.05, 0) is 66.8 Å². The van der Waals surface area contributed by atoms with Crippen LogP contribution in [0.4, 0.5) is 13.2 Å². The van der Waals surface area contributed by atoms with Crippen LogP contribution in [-0.2, 0) is 23.9 Å². The molecule has 4 rings (SSSR count). The number of ether oxygens (including phenoxy) is 2. The summed E-state index contributed by atoms with van der Waals surface area (Å²) in [6.07, 6.45) is -2.65. The predicted molar refractivity (Wildman–Crippen MR) is 119 cm³/mol. The largest absolute Gasteiger partial charge is 0.493 e. The number of benzene rings is 2. The summed E-state index contributed by atoms with van der Waals surface area (Å²) in [4.78, 5) is 29.4. The third kappa shape index (κ3) is 4.83. The molecule has 2 aromatic rings. The third-order valence-corrected chi connectivity index (χ3v) is 6.62. The van der Waals surface area contributed by atoms with Gasteiger partial charge in [0.1, 0.15) is 0 Å². The maximum atomic E-state index is 13.2. The summed E-state index contributed by atoms with van der Waals surface area (Å²) in [6, 6.07) is 8.12. The number of carbonyl (C=O) groups excluding carboxylic acids is 2. The molecule has 0 saturated carbocycles. The first-order chi connectivity index (χ1) is 16.2. The zero-order chi connectivity index (χ0) is 24.5. The number of piperidine rings is 1. The highest BCUT2D eigenvalue weighted by Crippen LogP contribution is 2.34. The van der Waals surface area contributed by atoms with E-state index in [1.54, 1.807) is 19.1 Å². The minimum Gasteiger partial charge on any atom is -0.493 e. The molecular weight excluding hydrogens is 449 g/mol. The summed E-state index contributed by atoms with van der Waals surface area (Å²) in [5.41, 5.74) is 1.60. The van der Waals surface area contributed by atoms with Crippen molar-refractivity contribution in [3.8, 4) is 11.5 Å². The molecule has 2 aliphatic rings. The van der Waals surface area contributed by atoms with Crippen molar-refractivity contribution in [3.63, 3.8) is 0 Å².